The molecule has 0 saturated heterocycles. The first-order valence-corrected chi connectivity index (χ1v) is 8.28. The number of rotatable bonds is 4. The average Bonchev–Trinajstić information content (AvgIpc) is 2.60. The van der Waals surface area contributed by atoms with Gasteiger partial charge in [-0.3, -0.25) is 9.78 Å². The molecular formula is C20H17F3N2O2. The topological polar surface area (TPSA) is 51.2 Å². The van der Waals surface area contributed by atoms with Gasteiger partial charge in [-0.2, -0.15) is 13.2 Å². The molecule has 0 fully saturated rings. The van der Waals surface area contributed by atoms with Crippen molar-refractivity contribution in [3.63, 3.8) is 0 Å². The van der Waals surface area contributed by atoms with Crippen LogP contribution < -0.4 is 10.1 Å². The number of nitrogens with zero attached hydrogens (tertiary/aromatic N) is 1. The third-order valence-electron chi connectivity index (χ3n) is 3.81. The predicted molar refractivity (Wildman–Crippen MR) is 95.9 cm³/mol. The number of carbonyl (C=O) groups is 1. The quantitative estimate of drug-likeness (QED) is 0.684. The summed E-state index contributed by atoms with van der Waals surface area (Å²) in [7, 11) is 0. The molecule has 0 atom stereocenters. The number of hydrogen-bond acceptors (Lipinski definition) is 3. The average molecular weight is 374 g/mol. The molecule has 0 bridgehead atoms. The second-order valence-corrected chi connectivity index (χ2v) is 6.33. The maximum atomic E-state index is 12.7. The van der Waals surface area contributed by atoms with Crippen LogP contribution in [0.25, 0.3) is 10.8 Å². The lowest BCUT2D eigenvalue weighted by atomic mass is 10.1. The first-order valence-electron chi connectivity index (χ1n) is 8.28. The summed E-state index contributed by atoms with van der Waals surface area (Å²) in [4.78, 5) is 16.2. The molecule has 1 N–H and O–H groups in total. The smallest absolute Gasteiger partial charge is 0.416 e. The number of fused-ring (bicyclic) bond motifs is 1. The molecule has 140 valence electrons. The standard InChI is InChI=1S/C20H17F3N2O2/c1-12(2)25-19(26)13-3-8-17-14(9-13)10-24-11-18(17)27-16-6-4-15(5-7-16)20(21,22)23/h3-12H,1-2H3,(H,25,26). The van der Waals surface area contributed by atoms with Crippen LogP contribution in [0.4, 0.5) is 13.2 Å². The van der Waals surface area contributed by atoms with E-state index in [1.807, 2.05) is 13.8 Å². The molecular weight excluding hydrogens is 357 g/mol. The number of benzene rings is 2. The molecule has 27 heavy (non-hydrogen) atoms. The Balaban J connectivity index is 1.88. The molecule has 0 aliphatic carbocycles. The fourth-order valence-corrected chi connectivity index (χ4v) is 2.56. The van der Waals surface area contributed by atoms with Gasteiger partial charge in [-0.05, 0) is 56.3 Å². The van der Waals surface area contributed by atoms with E-state index in [0.717, 1.165) is 12.1 Å². The van der Waals surface area contributed by atoms with Crippen LogP contribution in [0, 0.1) is 0 Å². The summed E-state index contributed by atoms with van der Waals surface area (Å²) in [5.74, 6) is 0.461. The lowest BCUT2D eigenvalue weighted by Gasteiger charge is -2.12. The van der Waals surface area contributed by atoms with Gasteiger partial charge in [0, 0.05) is 28.6 Å². The summed E-state index contributed by atoms with van der Waals surface area (Å²) >= 11 is 0. The van der Waals surface area contributed by atoms with Crippen LogP contribution >= 0.6 is 0 Å². The molecule has 1 heterocycles. The van der Waals surface area contributed by atoms with Gasteiger partial charge in [0.1, 0.15) is 5.75 Å². The van der Waals surface area contributed by atoms with E-state index in [1.165, 1.54) is 18.3 Å². The van der Waals surface area contributed by atoms with Crippen LogP contribution in [0.5, 0.6) is 11.5 Å². The van der Waals surface area contributed by atoms with Crippen molar-refractivity contribution in [2.45, 2.75) is 26.1 Å². The molecule has 0 spiro atoms. The Morgan fingerprint density at radius 1 is 1.07 bits per heavy atom. The number of aromatic nitrogens is 1. The number of carbonyl (C=O) groups excluding carboxylic acids is 1. The van der Waals surface area contributed by atoms with Crippen molar-refractivity contribution in [3.8, 4) is 11.5 Å². The Morgan fingerprint density at radius 2 is 1.78 bits per heavy atom. The summed E-state index contributed by atoms with van der Waals surface area (Å²) in [5, 5.41) is 4.20. The number of hydrogen-bond donors (Lipinski definition) is 1. The molecule has 7 heteroatoms. The normalized spacial score (nSPS) is 11.6. The maximum absolute atomic E-state index is 12.7. The lowest BCUT2D eigenvalue weighted by Crippen LogP contribution is -2.29. The van der Waals surface area contributed by atoms with Crippen molar-refractivity contribution < 1.29 is 22.7 Å². The number of amides is 1. The highest BCUT2D eigenvalue weighted by molar-refractivity contribution is 5.99. The number of pyridine rings is 1. The first-order chi connectivity index (χ1) is 12.7. The largest absolute Gasteiger partial charge is 0.455 e. The van der Waals surface area contributed by atoms with E-state index < -0.39 is 11.7 Å². The predicted octanol–water partition coefficient (Wildman–Crippen LogP) is 5.18. The molecule has 1 aromatic heterocycles. The minimum atomic E-state index is -4.40. The summed E-state index contributed by atoms with van der Waals surface area (Å²) in [5.41, 5.74) is -0.253. The summed E-state index contributed by atoms with van der Waals surface area (Å²) in [6.07, 6.45) is -1.32. The Kier molecular flexibility index (Phi) is 5.03. The molecule has 3 rings (SSSR count). The fraction of sp³-hybridized carbons (Fsp3) is 0.200. The summed E-state index contributed by atoms with van der Waals surface area (Å²) in [6, 6.07) is 9.54. The van der Waals surface area contributed by atoms with Crippen LogP contribution in [-0.4, -0.2) is 16.9 Å². The van der Waals surface area contributed by atoms with Gasteiger partial charge in [0.05, 0.1) is 11.8 Å². The van der Waals surface area contributed by atoms with Gasteiger partial charge in [-0.25, -0.2) is 0 Å². The molecule has 0 unspecified atom stereocenters. The van der Waals surface area contributed by atoms with Crippen molar-refractivity contribution in [1.29, 1.82) is 0 Å². The highest BCUT2D eigenvalue weighted by Crippen LogP contribution is 2.33. The summed E-state index contributed by atoms with van der Waals surface area (Å²) in [6.45, 7) is 3.74. The zero-order chi connectivity index (χ0) is 19.6. The molecule has 0 aliphatic rings. The highest BCUT2D eigenvalue weighted by Gasteiger charge is 2.30. The van der Waals surface area contributed by atoms with Gasteiger partial charge in [-0.15, -0.1) is 0 Å². The van der Waals surface area contributed by atoms with Gasteiger partial charge in [0.15, 0.2) is 5.75 Å². The second kappa shape index (κ2) is 7.26. The van der Waals surface area contributed by atoms with Crippen LogP contribution in [0.1, 0.15) is 29.8 Å². The zero-order valence-electron chi connectivity index (χ0n) is 14.7. The van der Waals surface area contributed by atoms with E-state index in [4.69, 9.17) is 4.74 Å². The monoisotopic (exact) mass is 374 g/mol. The van der Waals surface area contributed by atoms with Gasteiger partial charge >= 0.3 is 6.18 Å². The van der Waals surface area contributed by atoms with E-state index in [-0.39, 0.29) is 17.7 Å². The fourth-order valence-electron chi connectivity index (χ4n) is 2.56. The Labute approximate surface area is 154 Å². The van der Waals surface area contributed by atoms with Gasteiger partial charge in [0.2, 0.25) is 0 Å². The van der Waals surface area contributed by atoms with Gasteiger partial charge < -0.3 is 10.1 Å². The first kappa shape index (κ1) is 18.7. The van der Waals surface area contributed by atoms with Crippen molar-refractivity contribution >= 4 is 16.7 Å². The maximum Gasteiger partial charge on any atom is 0.416 e. The Bertz CT molecular complexity index is 967. The molecule has 4 nitrogen and oxygen atoms in total. The Hall–Kier alpha value is -3.09. The van der Waals surface area contributed by atoms with E-state index in [1.54, 1.807) is 24.4 Å². The van der Waals surface area contributed by atoms with Crippen molar-refractivity contribution in [2.24, 2.45) is 0 Å². The van der Waals surface area contributed by atoms with Crippen molar-refractivity contribution in [1.82, 2.24) is 10.3 Å². The SMILES string of the molecule is CC(C)NC(=O)c1ccc2c(Oc3ccc(C(F)(F)F)cc3)cncc2c1. The third-order valence-corrected chi connectivity index (χ3v) is 3.81. The van der Waals surface area contributed by atoms with Gasteiger partial charge in [0.25, 0.3) is 5.91 Å². The zero-order valence-corrected chi connectivity index (χ0v) is 14.7. The number of nitrogens with one attached hydrogen (secondary N) is 1. The molecule has 3 aromatic rings. The van der Waals surface area contributed by atoms with Crippen LogP contribution in [0.3, 0.4) is 0 Å². The van der Waals surface area contributed by atoms with Crippen LogP contribution in [0.15, 0.2) is 54.9 Å². The van der Waals surface area contributed by atoms with Crippen molar-refractivity contribution in [2.75, 3.05) is 0 Å². The van der Waals surface area contributed by atoms with E-state index in [9.17, 15) is 18.0 Å². The van der Waals surface area contributed by atoms with Crippen LogP contribution in [0.2, 0.25) is 0 Å². The van der Waals surface area contributed by atoms with E-state index in [2.05, 4.69) is 10.3 Å². The number of alkyl halides is 3. The second-order valence-electron chi connectivity index (χ2n) is 6.33. The molecule has 2 aromatic carbocycles. The molecule has 0 radical (unpaired) electrons. The van der Waals surface area contributed by atoms with Crippen molar-refractivity contribution in [3.05, 3.63) is 66.0 Å². The minimum absolute atomic E-state index is 0.0145. The Morgan fingerprint density at radius 3 is 2.41 bits per heavy atom. The minimum Gasteiger partial charge on any atom is -0.455 e. The third kappa shape index (κ3) is 4.36. The molecule has 0 saturated carbocycles. The van der Waals surface area contributed by atoms with Gasteiger partial charge in [-0.1, -0.05) is 0 Å². The molecule has 1 amide bonds. The van der Waals surface area contributed by atoms with Crippen LogP contribution in [-0.2, 0) is 6.18 Å². The lowest BCUT2D eigenvalue weighted by molar-refractivity contribution is -0.137. The van der Waals surface area contributed by atoms with E-state index >= 15 is 0 Å². The van der Waals surface area contributed by atoms with E-state index in [0.29, 0.717) is 22.1 Å². The highest BCUT2D eigenvalue weighted by atomic mass is 19.4. The number of ether oxygens (including phenoxy) is 1. The molecule has 0 aliphatic heterocycles. The number of halogens is 3. The summed E-state index contributed by atoms with van der Waals surface area (Å²) < 4.78 is 43.7.